The number of likely N-dealkylation sites (tertiary alicyclic amines) is 1. The summed E-state index contributed by atoms with van der Waals surface area (Å²) in [6.07, 6.45) is 2.10. The van der Waals surface area contributed by atoms with Crippen molar-refractivity contribution in [3.63, 3.8) is 0 Å². The average molecular weight is 381 g/mol. The third-order valence-electron chi connectivity index (χ3n) is 4.76. The van der Waals surface area contributed by atoms with Crippen molar-refractivity contribution in [3.05, 3.63) is 53.9 Å². The summed E-state index contributed by atoms with van der Waals surface area (Å²) in [6, 6.07) is 12.1. The lowest BCUT2D eigenvalue weighted by atomic mass is 9.99. The zero-order valence-electron chi connectivity index (χ0n) is 16.6. The molecule has 0 spiro atoms. The smallest absolute Gasteiger partial charge is 0.274 e. The third kappa shape index (κ3) is 5.09. The predicted octanol–water partition coefficient (Wildman–Crippen LogP) is 3.99. The molecule has 1 aromatic heterocycles. The molecule has 1 saturated heterocycles. The molecule has 0 atom stereocenters. The minimum atomic E-state index is -0.348. The van der Waals surface area contributed by atoms with Gasteiger partial charge < -0.3 is 15.0 Å². The van der Waals surface area contributed by atoms with Crippen LogP contribution in [0, 0.1) is 5.92 Å². The number of aromatic nitrogens is 1. The lowest BCUT2D eigenvalue weighted by molar-refractivity contribution is 0.0691. The zero-order chi connectivity index (χ0) is 20.1. The molecule has 1 aliphatic rings. The molecule has 1 fully saturated rings. The summed E-state index contributed by atoms with van der Waals surface area (Å²) in [5.41, 5.74) is 1.17. The Morgan fingerprint density at radius 2 is 1.71 bits per heavy atom. The van der Waals surface area contributed by atoms with Crippen molar-refractivity contribution in [2.24, 2.45) is 5.92 Å². The van der Waals surface area contributed by atoms with Crippen molar-refractivity contribution in [1.29, 1.82) is 0 Å². The second-order valence-corrected chi connectivity index (χ2v) is 7.53. The molecular formula is C22H27N3O3. The lowest BCUT2D eigenvalue weighted by Gasteiger charge is -2.30. The molecule has 1 aliphatic heterocycles. The van der Waals surface area contributed by atoms with Gasteiger partial charge in [-0.2, -0.15) is 0 Å². The Bertz CT molecular complexity index is 825. The molecular weight excluding hydrogens is 354 g/mol. The number of ether oxygens (including phenoxy) is 1. The third-order valence-corrected chi connectivity index (χ3v) is 4.76. The van der Waals surface area contributed by atoms with Crippen LogP contribution in [0.1, 0.15) is 54.6 Å². The summed E-state index contributed by atoms with van der Waals surface area (Å²) in [4.78, 5) is 31.3. The van der Waals surface area contributed by atoms with Crippen LogP contribution in [0.4, 0.5) is 5.69 Å². The van der Waals surface area contributed by atoms with Gasteiger partial charge in [-0.05, 0) is 69.0 Å². The molecule has 148 valence electrons. The number of piperidine rings is 1. The number of carbonyl (C=O) groups is 2. The summed E-state index contributed by atoms with van der Waals surface area (Å²) in [5.74, 6) is 0.928. The summed E-state index contributed by atoms with van der Waals surface area (Å²) in [7, 11) is 0. The van der Waals surface area contributed by atoms with E-state index in [0.717, 1.165) is 31.7 Å². The molecule has 0 aliphatic carbocycles. The summed E-state index contributed by atoms with van der Waals surface area (Å²) >= 11 is 0. The van der Waals surface area contributed by atoms with Gasteiger partial charge in [-0.3, -0.25) is 9.59 Å². The molecule has 3 rings (SSSR count). The van der Waals surface area contributed by atoms with E-state index in [1.807, 2.05) is 18.7 Å². The minimum absolute atomic E-state index is 0.0908. The first-order valence-corrected chi connectivity index (χ1v) is 9.77. The van der Waals surface area contributed by atoms with E-state index in [4.69, 9.17) is 4.74 Å². The van der Waals surface area contributed by atoms with Crippen molar-refractivity contribution in [3.8, 4) is 5.75 Å². The van der Waals surface area contributed by atoms with Gasteiger partial charge in [-0.25, -0.2) is 4.98 Å². The monoisotopic (exact) mass is 381 g/mol. The maximum Gasteiger partial charge on any atom is 0.274 e. The van der Waals surface area contributed by atoms with Gasteiger partial charge >= 0.3 is 0 Å². The van der Waals surface area contributed by atoms with E-state index in [2.05, 4.69) is 17.2 Å². The largest absolute Gasteiger partial charge is 0.491 e. The minimum Gasteiger partial charge on any atom is -0.491 e. The van der Waals surface area contributed by atoms with Crippen LogP contribution in [0.5, 0.6) is 5.75 Å². The van der Waals surface area contributed by atoms with Gasteiger partial charge in [0.15, 0.2) is 0 Å². The quantitative estimate of drug-likeness (QED) is 0.850. The average Bonchev–Trinajstić information content (AvgIpc) is 2.69. The SMILES string of the molecule is CC1CCN(C(=O)c2cccc(C(=O)Nc3ccc(OC(C)C)cc3)n2)CC1. The fraction of sp³-hybridized carbons (Fsp3) is 0.409. The number of benzene rings is 1. The number of nitrogens with zero attached hydrogens (tertiary/aromatic N) is 2. The Labute approximate surface area is 165 Å². The number of anilines is 1. The molecule has 0 unspecified atom stereocenters. The Hall–Kier alpha value is -2.89. The van der Waals surface area contributed by atoms with Crippen LogP contribution in [0.2, 0.25) is 0 Å². The first kappa shape index (κ1) is 19.9. The van der Waals surface area contributed by atoms with Crippen LogP contribution < -0.4 is 10.1 Å². The van der Waals surface area contributed by atoms with E-state index in [9.17, 15) is 9.59 Å². The number of amides is 2. The highest BCUT2D eigenvalue weighted by atomic mass is 16.5. The van der Waals surface area contributed by atoms with Gasteiger partial charge in [-0.1, -0.05) is 13.0 Å². The number of rotatable bonds is 5. The highest BCUT2D eigenvalue weighted by Gasteiger charge is 2.23. The molecule has 6 heteroatoms. The van der Waals surface area contributed by atoms with Crippen molar-refractivity contribution in [2.75, 3.05) is 18.4 Å². The van der Waals surface area contributed by atoms with Crippen LogP contribution in [0.25, 0.3) is 0 Å². The van der Waals surface area contributed by atoms with Crippen molar-refractivity contribution in [1.82, 2.24) is 9.88 Å². The van der Waals surface area contributed by atoms with E-state index >= 15 is 0 Å². The van der Waals surface area contributed by atoms with Crippen molar-refractivity contribution >= 4 is 17.5 Å². The maximum absolute atomic E-state index is 12.7. The van der Waals surface area contributed by atoms with Gasteiger partial charge in [0.25, 0.3) is 11.8 Å². The fourth-order valence-corrected chi connectivity index (χ4v) is 3.14. The van der Waals surface area contributed by atoms with Crippen LogP contribution in [0.3, 0.4) is 0 Å². The predicted molar refractivity (Wildman–Crippen MR) is 109 cm³/mol. The summed E-state index contributed by atoms with van der Waals surface area (Å²) in [5, 5.41) is 2.81. The number of hydrogen-bond acceptors (Lipinski definition) is 4. The van der Waals surface area contributed by atoms with Crippen molar-refractivity contribution in [2.45, 2.75) is 39.7 Å². The second kappa shape index (κ2) is 8.87. The number of carbonyl (C=O) groups excluding carboxylic acids is 2. The van der Waals surface area contributed by atoms with E-state index in [1.165, 1.54) is 0 Å². The van der Waals surface area contributed by atoms with Crippen LogP contribution >= 0.6 is 0 Å². The number of pyridine rings is 1. The molecule has 1 aromatic carbocycles. The van der Waals surface area contributed by atoms with Gasteiger partial charge in [0, 0.05) is 18.8 Å². The molecule has 6 nitrogen and oxygen atoms in total. The standard InChI is InChI=1S/C22H27N3O3/c1-15(2)28-18-9-7-17(8-10-18)23-21(26)19-5-4-6-20(24-19)22(27)25-13-11-16(3)12-14-25/h4-10,15-16H,11-14H2,1-3H3,(H,23,26). The molecule has 2 aromatic rings. The normalized spacial score (nSPS) is 14.8. The molecule has 2 amide bonds. The first-order chi connectivity index (χ1) is 13.4. The molecule has 28 heavy (non-hydrogen) atoms. The van der Waals surface area contributed by atoms with Gasteiger partial charge in [0.1, 0.15) is 17.1 Å². The summed E-state index contributed by atoms with van der Waals surface area (Å²) in [6.45, 7) is 7.60. The lowest BCUT2D eigenvalue weighted by Crippen LogP contribution is -2.38. The molecule has 0 radical (unpaired) electrons. The zero-order valence-corrected chi connectivity index (χ0v) is 16.6. The van der Waals surface area contributed by atoms with Gasteiger partial charge in [0.05, 0.1) is 6.10 Å². The van der Waals surface area contributed by atoms with Gasteiger partial charge in [0.2, 0.25) is 0 Å². The molecule has 2 heterocycles. The van der Waals surface area contributed by atoms with Crippen molar-refractivity contribution < 1.29 is 14.3 Å². The van der Waals surface area contributed by atoms with E-state index in [-0.39, 0.29) is 23.6 Å². The molecule has 1 N–H and O–H groups in total. The number of hydrogen-bond donors (Lipinski definition) is 1. The topological polar surface area (TPSA) is 71.5 Å². The highest BCUT2D eigenvalue weighted by Crippen LogP contribution is 2.19. The highest BCUT2D eigenvalue weighted by molar-refractivity contribution is 6.03. The van der Waals surface area contributed by atoms with Crippen LogP contribution in [-0.2, 0) is 0 Å². The second-order valence-electron chi connectivity index (χ2n) is 7.53. The van der Waals surface area contributed by atoms with Gasteiger partial charge in [-0.15, -0.1) is 0 Å². The Morgan fingerprint density at radius 1 is 1.07 bits per heavy atom. The Kier molecular flexibility index (Phi) is 6.29. The van der Waals surface area contributed by atoms with E-state index < -0.39 is 0 Å². The Balaban J connectivity index is 1.66. The Morgan fingerprint density at radius 3 is 2.36 bits per heavy atom. The van der Waals surface area contributed by atoms with E-state index in [0.29, 0.717) is 17.3 Å². The van der Waals surface area contributed by atoms with Crippen LogP contribution in [-0.4, -0.2) is 40.9 Å². The fourth-order valence-electron chi connectivity index (χ4n) is 3.14. The molecule has 0 bridgehead atoms. The van der Waals surface area contributed by atoms with Crippen LogP contribution in [0.15, 0.2) is 42.5 Å². The molecule has 0 saturated carbocycles. The first-order valence-electron chi connectivity index (χ1n) is 9.77. The number of nitrogens with one attached hydrogen (secondary N) is 1. The summed E-state index contributed by atoms with van der Waals surface area (Å²) < 4.78 is 5.60. The maximum atomic E-state index is 12.7. The van der Waals surface area contributed by atoms with E-state index in [1.54, 1.807) is 42.5 Å².